The molecular weight excluding hydrogens is 342 g/mol. The van der Waals surface area contributed by atoms with Gasteiger partial charge in [0.25, 0.3) is 0 Å². The maximum absolute atomic E-state index is 11.5. The number of hydrogen-bond donors (Lipinski definition) is 2. The van der Waals surface area contributed by atoms with Crippen LogP contribution in [0.3, 0.4) is 0 Å². The van der Waals surface area contributed by atoms with Gasteiger partial charge in [0.15, 0.2) is 5.96 Å². The topological polar surface area (TPSA) is 70.6 Å². The fraction of sp³-hybridized carbons (Fsp3) is 0.706. The Labute approximate surface area is 149 Å². The van der Waals surface area contributed by atoms with Gasteiger partial charge in [0.2, 0.25) is 0 Å². The molecule has 1 saturated carbocycles. The summed E-state index contributed by atoms with van der Waals surface area (Å²) in [4.78, 5) is 6.03. The third kappa shape index (κ3) is 6.81. The molecule has 5 nitrogen and oxygen atoms in total. The van der Waals surface area contributed by atoms with Crippen molar-refractivity contribution in [2.24, 2.45) is 16.3 Å². The van der Waals surface area contributed by atoms with Gasteiger partial charge in [-0.05, 0) is 43.6 Å². The van der Waals surface area contributed by atoms with Gasteiger partial charge >= 0.3 is 0 Å². The van der Waals surface area contributed by atoms with E-state index in [4.69, 9.17) is 0 Å². The van der Waals surface area contributed by atoms with Crippen molar-refractivity contribution in [3.05, 3.63) is 22.4 Å². The second kappa shape index (κ2) is 8.34. The Kier molecular flexibility index (Phi) is 6.69. The minimum absolute atomic E-state index is 0.126. The Balaban J connectivity index is 1.84. The molecule has 1 aliphatic rings. The van der Waals surface area contributed by atoms with E-state index < -0.39 is 9.84 Å². The van der Waals surface area contributed by atoms with E-state index in [0.717, 1.165) is 38.3 Å². The Morgan fingerprint density at radius 2 is 2.17 bits per heavy atom. The summed E-state index contributed by atoms with van der Waals surface area (Å²) in [6, 6.07) is 4.25. The molecule has 1 aromatic rings. The van der Waals surface area contributed by atoms with Gasteiger partial charge < -0.3 is 10.6 Å². The average Bonchev–Trinajstić information content (AvgIpc) is 3.03. The maximum atomic E-state index is 11.5. The van der Waals surface area contributed by atoms with E-state index in [2.05, 4.69) is 40.1 Å². The average molecular weight is 372 g/mol. The Hall–Kier alpha value is -1.08. The number of thiophene rings is 1. The smallest absolute Gasteiger partial charge is 0.191 e. The Morgan fingerprint density at radius 1 is 1.42 bits per heavy atom. The Morgan fingerprint density at radius 3 is 2.71 bits per heavy atom. The van der Waals surface area contributed by atoms with Crippen molar-refractivity contribution in [1.29, 1.82) is 0 Å². The maximum Gasteiger partial charge on any atom is 0.191 e. The summed E-state index contributed by atoms with van der Waals surface area (Å²) >= 11 is 1.79. The minimum Gasteiger partial charge on any atom is -0.357 e. The molecule has 2 rings (SSSR count). The van der Waals surface area contributed by atoms with E-state index >= 15 is 0 Å². The van der Waals surface area contributed by atoms with Crippen LogP contribution in [-0.4, -0.2) is 46.0 Å². The molecule has 1 fully saturated rings. The lowest BCUT2D eigenvalue weighted by atomic mass is 10.1. The fourth-order valence-corrected chi connectivity index (χ4v) is 5.15. The molecule has 1 aliphatic carbocycles. The van der Waals surface area contributed by atoms with Crippen LogP contribution in [0.15, 0.2) is 22.5 Å². The van der Waals surface area contributed by atoms with Gasteiger partial charge in [0.1, 0.15) is 9.84 Å². The van der Waals surface area contributed by atoms with Gasteiger partial charge in [0.05, 0.1) is 5.75 Å². The lowest BCUT2D eigenvalue weighted by Gasteiger charge is -2.17. The van der Waals surface area contributed by atoms with Crippen LogP contribution in [0.1, 0.15) is 31.6 Å². The molecule has 136 valence electrons. The molecule has 0 amide bonds. The Bertz CT molecular complexity index is 635. The molecule has 0 spiro atoms. The van der Waals surface area contributed by atoms with Gasteiger partial charge in [-0.15, -0.1) is 11.3 Å². The van der Waals surface area contributed by atoms with Crippen LogP contribution in [0.4, 0.5) is 0 Å². The van der Waals surface area contributed by atoms with Crippen LogP contribution in [-0.2, 0) is 16.3 Å². The van der Waals surface area contributed by atoms with Crippen LogP contribution >= 0.6 is 11.3 Å². The summed E-state index contributed by atoms with van der Waals surface area (Å²) in [5, 5.41) is 8.75. The quantitative estimate of drug-likeness (QED) is 0.516. The first-order chi connectivity index (χ1) is 11.3. The van der Waals surface area contributed by atoms with E-state index in [0.29, 0.717) is 12.5 Å². The highest BCUT2D eigenvalue weighted by Crippen LogP contribution is 2.46. The zero-order valence-corrected chi connectivity index (χ0v) is 16.5. The van der Waals surface area contributed by atoms with E-state index in [1.165, 1.54) is 11.1 Å². The molecule has 0 aliphatic heterocycles. The molecule has 24 heavy (non-hydrogen) atoms. The third-order valence-electron chi connectivity index (χ3n) is 4.19. The van der Waals surface area contributed by atoms with Crippen molar-refractivity contribution in [2.75, 3.05) is 31.6 Å². The summed E-state index contributed by atoms with van der Waals surface area (Å²) in [5.41, 5.74) is -0.126. The summed E-state index contributed by atoms with van der Waals surface area (Å²) in [6.45, 7) is 6.49. The standard InChI is InChI=1S/C17H29N3O2S2/c1-4-18-16(19-11-14(2)10-15-6-5-9-23-15)20-12-17(7-8-17)13-24(3,21)22/h5-6,9,14H,4,7-8,10-13H2,1-3H3,(H2,18,19,20). The molecular formula is C17H29N3O2S2. The van der Waals surface area contributed by atoms with Gasteiger partial charge in [-0.2, -0.15) is 0 Å². The number of rotatable bonds is 9. The molecule has 2 N–H and O–H groups in total. The molecule has 0 aromatic carbocycles. The van der Waals surface area contributed by atoms with E-state index in [1.807, 2.05) is 6.92 Å². The number of sulfone groups is 1. The van der Waals surface area contributed by atoms with Crippen LogP contribution in [0, 0.1) is 11.3 Å². The molecule has 1 aromatic heterocycles. The van der Waals surface area contributed by atoms with Gasteiger partial charge in [-0.3, -0.25) is 4.99 Å². The second-order valence-electron chi connectivity index (χ2n) is 7.03. The van der Waals surface area contributed by atoms with Crippen LogP contribution in [0.2, 0.25) is 0 Å². The molecule has 1 unspecified atom stereocenters. The van der Waals surface area contributed by atoms with Crippen molar-refractivity contribution in [3.8, 4) is 0 Å². The highest BCUT2D eigenvalue weighted by Gasteiger charge is 2.45. The predicted octanol–water partition coefficient (Wildman–Crippen LogP) is 2.31. The molecule has 0 radical (unpaired) electrons. The SMILES string of the molecule is CCNC(=NCC1(CS(C)(=O)=O)CC1)NCC(C)Cc1cccs1. The summed E-state index contributed by atoms with van der Waals surface area (Å²) in [5.74, 6) is 1.55. The minimum atomic E-state index is -2.94. The van der Waals surface area contributed by atoms with Gasteiger partial charge in [-0.25, -0.2) is 8.42 Å². The van der Waals surface area contributed by atoms with E-state index in [-0.39, 0.29) is 11.2 Å². The van der Waals surface area contributed by atoms with Crippen LogP contribution < -0.4 is 10.6 Å². The highest BCUT2D eigenvalue weighted by molar-refractivity contribution is 7.90. The normalized spacial score (nSPS) is 18.2. The molecule has 1 heterocycles. The zero-order valence-electron chi connectivity index (χ0n) is 14.8. The predicted molar refractivity (Wildman–Crippen MR) is 103 cm³/mol. The second-order valence-corrected chi connectivity index (χ2v) is 10.2. The summed E-state index contributed by atoms with van der Waals surface area (Å²) < 4.78 is 23.1. The van der Waals surface area contributed by atoms with E-state index in [9.17, 15) is 8.42 Å². The van der Waals surface area contributed by atoms with Crippen LogP contribution in [0.5, 0.6) is 0 Å². The molecule has 1 atom stereocenters. The van der Waals surface area contributed by atoms with E-state index in [1.54, 1.807) is 11.3 Å². The zero-order chi connectivity index (χ0) is 17.6. The first-order valence-electron chi connectivity index (χ1n) is 8.54. The van der Waals surface area contributed by atoms with Crippen LogP contribution in [0.25, 0.3) is 0 Å². The van der Waals surface area contributed by atoms with Gasteiger partial charge in [0, 0.05) is 36.2 Å². The summed E-state index contributed by atoms with van der Waals surface area (Å²) in [6.07, 6.45) is 4.28. The first-order valence-corrected chi connectivity index (χ1v) is 11.5. The monoisotopic (exact) mass is 371 g/mol. The van der Waals surface area contributed by atoms with Crippen molar-refractivity contribution in [1.82, 2.24) is 10.6 Å². The number of nitrogens with one attached hydrogen (secondary N) is 2. The van der Waals surface area contributed by atoms with Crippen molar-refractivity contribution >= 4 is 27.1 Å². The number of aliphatic imine (C=N–C) groups is 1. The lowest BCUT2D eigenvalue weighted by molar-refractivity contribution is 0.543. The number of nitrogens with zero attached hydrogens (tertiary/aromatic N) is 1. The molecule has 0 bridgehead atoms. The van der Waals surface area contributed by atoms with Crippen molar-refractivity contribution in [2.45, 2.75) is 33.1 Å². The number of guanidine groups is 1. The van der Waals surface area contributed by atoms with Crippen molar-refractivity contribution in [3.63, 3.8) is 0 Å². The molecule has 0 saturated heterocycles. The molecule has 7 heteroatoms. The fourth-order valence-electron chi connectivity index (χ4n) is 2.78. The summed E-state index contributed by atoms with van der Waals surface area (Å²) in [7, 11) is -2.94. The van der Waals surface area contributed by atoms with Gasteiger partial charge in [-0.1, -0.05) is 13.0 Å². The lowest BCUT2D eigenvalue weighted by Crippen LogP contribution is -2.40. The third-order valence-corrected chi connectivity index (χ3v) is 6.23. The number of hydrogen-bond acceptors (Lipinski definition) is 4. The largest absolute Gasteiger partial charge is 0.357 e. The van der Waals surface area contributed by atoms with Crippen molar-refractivity contribution < 1.29 is 8.42 Å². The highest BCUT2D eigenvalue weighted by atomic mass is 32.2. The first kappa shape index (κ1) is 19.2.